The maximum absolute atomic E-state index is 11.8. The number of aliphatic hydroxyl groups is 1. The SMILES string of the molecule is CCOc1ccccc1C(C)N1CC(O)CC1=O. The van der Waals surface area contributed by atoms with Crippen LogP contribution in [0.5, 0.6) is 5.75 Å². The van der Waals surface area contributed by atoms with Crippen molar-refractivity contribution in [1.29, 1.82) is 0 Å². The van der Waals surface area contributed by atoms with E-state index in [4.69, 9.17) is 4.74 Å². The summed E-state index contributed by atoms with van der Waals surface area (Å²) in [6, 6.07) is 7.66. The van der Waals surface area contributed by atoms with Gasteiger partial charge < -0.3 is 14.7 Å². The summed E-state index contributed by atoms with van der Waals surface area (Å²) in [6.07, 6.45) is -0.319. The molecule has 2 rings (SSSR count). The minimum absolute atomic E-state index is 0.00121. The second-order valence-corrected chi connectivity index (χ2v) is 4.55. The lowest BCUT2D eigenvalue weighted by Gasteiger charge is -2.26. The number of carbonyl (C=O) groups is 1. The molecule has 0 spiro atoms. The molecule has 1 N–H and O–H groups in total. The smallest absolute Gasteiger partial charge is 0.225 e. The third kappa shape index (κ3) is 2.48. The van der Waals surface area contributed by atoms with Gasteiger partial charge in [0.2, 0.25) is 5.91 Å². The molecule has 0 aliphatic carbocycles. The first-order valence-electron chi connectivity index (χ1n) is 6.32. The van der Waals surface area contributed by atoms with Gasteiger partial charge in [0, 0.05) is 12.1 Å². The van der Waals surface area contributed by atoms with E-state index in [9.17, 15) is 9.90 Å². The summed E-state index contributed by atoms with van der Waals surface area (Å²) in [6.45, 7) is 4.90. The number of para-hydroxylation sites is 1. The van der Waals surface area contributed by atoms with Crippen LogP contribution in [0.1, 0.15) is 31.9 Å². The highest BCUT2D eigenvalue weighted by Crippen LogP contribution is 2.31. The third-order valence-corrected chi connectivity index (χ3v) is 3.27. The van der Waals surface area contributed by atoms with Crippen LogP contribution in [0.25, 0.3) is 0 Å². The molecule has 1 aliphatic rings. The third-order valence-electron chi connectivity index (χ3n) is 3.27. The molecule has 4 nitrogen and oxygen atoms in total. The van der Waals surface area contributed by atoms with E-state index in [2.05, 4.69) is 0 Å². The van der Waals surface area contributed by atoms with Gasteiger partial charge in [0.1, 0.15) is 5.75 Å². The summed E-state index contributed by atoms with van der Waals surface area (Å²) in [5, 5.41) is 9.54. The average molecular weight is 249 g/mol. The van der Waals surface area contributed by atoms with Gasteiger partial charge in [0.25, 0.3) is 0 Å². The minimum atomic E-state index is -0.542. The molecule has 2 atom stereocenters. The minimum Gasteiger partial charge on any atom is -0.494 e. The van der Waals surface area contributed by atoms with Gasteiger partial charge in [0.05, 0.1) is 25.2 Å². The molecular weight excluding hydrogens is 230 g/mol. The number of amides is 1. The normalized spacial score (nSPS) is 21.2. The predicted molar refractivity (Wildman–Crippen MR) is 68.4 cm³/mol. The Labute approximate surface area is 107 Å². The Bertz CT molecular complexity index is 433. The lowest BCUT2D eigenvalue weighted by atomic mass is 10.1. The summed E-state index contributed by atoms with van der Waals surface area (Å²) in [4.78, 5) is 13.5. The lowest BCUT2D eigenvalue weighted by molar-refractivity contribution is -0.129. The summed E-state index contributed by atoms with van der Waals surface area (Å²) < 4.78 is 5.58. The fourth-order valence-electron chi connectivity index (χ4n) is 2.37. The molecule has 1 aliphatic heterocycles. The average Bonchev–Trinajstić information content (AvgIpc) is 2.69. The maximum Gasteiger partial charge on any atom is 0.225 e. The van der Waals surface area contributed by atoms with Crippen molar-refractivity contribution in [3.63, 3.8) is 0 Å². The Hall–Kier alpha value is -1.55. The highest BCUT2D eigenvalue weighted by Gasteiger charge is 2.32. The zero-order valence-electron chi connectivity index (χ0n) is 10.8. The standard InChI is InChI=1S/C14H19NO3/c1-3-18-13-7-5-4-6-12(13)10(2)15-9-11(16)8-14(15)17/h4-7,10-11,16H,3,8-9H2,1-2H3. The fourth-order valence-corrected chi connectivity index (χ4v) is 2.37. The lowest BCUT2D eigenvalue weighted by Crippen LogP contribution is -2.29. The van der Waals surface area contributed by atoms with Crippen LogP contribution in [0.15, 0.2) is 24.3 Å². The largest absolute Gasteiger partial charge is 0.494 e. The fraction of sp³-hybridized carbons (Fsp3) is 0.500. The molecule has 98 valence electrons. The molecule has 1 heterocycles. The molecule has 1 aromatic rings. The van der Waals surface area contributed by atoms with E-state index in [0.717, 1.165) is 11.3 Å². The van der Waals surface area contributed by atoms with E-state index in [1.54, 1.807) is 4.90 Å². The van der Waals surface area contributed by atoms with Crippen LogP contribution in [-0.4, -0.2) is 35.2 Å². The number of ether oxygens (including phenoxy) is 1. The second kappa shape index (κ2) is 5.40. The second-order valence-electron chi connectivity index (χ2n) is 4.55. The molecule has 0 bridgehead atoms. The molecule has 4 heteroatoms. The monoisotopic (exact) mass is 249 g/mol. The Kier molecular flexibility index (Phi) is 3.87. The molecule has 0 saturated carbocycles. The molecule has 2 unspecified atom stereocenters. The number of hydrogen-bond acceptors (Lipinski definition) is 3. The van der Waals surface area contributed by atoms with E-state index >= 15 is 0 Å². The van der Waals surface area contributed by atoms with Crippen molar-refractivity contribution < 1.29 is 14.6 Å². The topological polar surface area (TPSA) is 49.8 Å². The van der Waals surface area contributed by atoms with Gasteiger partial charge in [-0.05, 0) is 19.9 Å². The van der Waals surface area contributed by atoms with E-state index in [1.165, 1.54) is 0 Å². The number of nitrogens with zero attached hydrogens (tertiary/aromatic N) is 1. The number of carbonyl (C=O) groups excluding carboxylic acids is 1. The summed E-state index contributed by atoms with van der Waals surface area (Å²) >= 11 is 0. The Morgan fingerprint density at radius 3 is 2.83 bits per heavy atom. The molecular formula is C14H19NO3. The van der Waals surface area contributed by atoms with Crippen LogP contribution in [-0.2, 0) is 4.79 Å². The first kappa shape index (κ1) is 12.9. The predicted octanol–water partition coefficient (Wildman–Crippen LogP) is 1.74. The van der Waals surface area contributed by atoms with Crippen LogP contribution in [0.2, 0.25) is 0 Å². The number of β-amino-alcohol motifs (C(OH)–C–C–N with tert-alkyl or cyclic N) is 1. The quantitative estimate of drug-likeness (QED) is 0.884. The number of benzene rings is 1. The molecule has 1 aromatic carbocycles. The highest BCUT2D eigenvalue weighted by atomic mass is 16.5. The molecule has 1 saturated heterocycles. The molecule has 1 amide bonds. The summed E-state index contributed by atoms with van der Waals surface area (Å²) in [5.41, 5.74) is 0.988. The van der Waals surface area contributed by atoms with Crippen LogP contribution in [0, 0.1) is 0 Å². The van der Waals surface area contributed by atoms with Crippen LogP contribution in [0.4, 0.5) is 0 Å². The molecule has 0 radical (unpaired) electrons. The van der Waals surface area contributed by atoms with Gasteiger partial charge in [-0.1, -0.05) is 18.2 Å². The Morgan fingerprint density at radius 2 is 2.22 bits per heavy atom. The number of rotatable bonds is 4. The van der Waals surface area contributed by atoms with Crippen LogP contribution >= 0.6 is 0 Å². The number of likely N-dealkylation sites (tertiary alicyclic amines) is 1. The Morgan fingerprint density at radius 1 is 1.50 bits per heavy atom. The van der Waals surface area contributed by atoms with E-state index < -0.39 is 6.10 Å². The van der Waals surface area contributed by atoms with Crippen molar-refractivity contribution in [2.24, 2.45) is 0 Å². The van der Waals surface area contributed by atoms with Gasteiger partial charge in [-0.2, -0.15) is 0 Å². The van der Waals surface area contributed by atoms with Crippen molar-refractivity contribution in [2.75, 3.05) is 13.2 Å². The zero-order chi connectivity index (χ0) is 13.1. The molecule has 1 fully saturated rings. The van der Waals surface area contributed by atoms with Crippen molar-refractivity contribution in [3.05, 3.63) is 29.8 Å². The summed E-state index contributed by atoms with van der Waals surface area (Å²) in [5.74, 6) is 0.808. The van der Waals surface area contributed by atoms with Gasteiger partial charge in [-0.15, -0.1) is 0 Å². The number of aliphatic hydroxyl groups excluding tert-OH is 1. The Balaban J connectivity index is 2.23. The van der Waals surface area contributed by atoms with Crippen molar-refractivity contribution in [1.82, 2.24) is 4.90 Å². The molecule has 18 heavy (non-hydrogen) atoms. The van der Waals surface area contributed by atoms with Gasteiger partial charge >= 0.3 is 0 Å². The number of hydrogen-bond donors (Lipinski definition) is 1. The first-order chi connectivity index (χ1) is 8.63. The van der Waals surface area contributed by atoms with E-state index in [1.807, 2.05) is 38.1 Å². The van der Waals surface area contributed by atoms with Gasteiger partial charge in [0.15, 0.2) is 0 Å². The van der Waals surface area contributed by atoms with E-state index in [0.29, 0.717) is 13.2 Å². The zero-order valence-corrected chi connectivity index (χ0v) is 10.8. The van der Waals surface area contributed by atoms with Crippen molar-refractivity contribution in [3.8, 4) is 5.75 Å². The van der Waals surface area contributed by atoms with E-state index in [-0.39, 0.29) is 18.4 Å². The van der Waals surface area contributed by atoms with Crippen LogP contribution in [0.3, 0.4) is 0 Å². The highest BCUT2D eigenvalue weighted by molar-refractivity contribution is 5.79. The van der Waals surface area contributed by atoms with Crippen LogP contribution < -0.4 is 4.74 Å². The molecule has 0 aromatic heterocycles. The van der Waals surface area contributed by atoms with Crippen molar-refractivity contribution >= 4 is 5.91 Å². The van der Waals surface area contributed by atoms with Gasteiger partial charge in [-0.3, -0.25) is 4.79 Å². The first-order valence-corrected chi connectivity index (χ1v) is 6.32. The van der Waals surface area contributed by atoms with Gasteiger partial charge in [-0.25, -0.2) is 0 Å². The summed E-state index contributed by atoms with van der Waals surface area (Å²) in [7, 11) is 0. The maximum atomic E-state index is 11.8. The van der Waals surface area contributed by atoms with Crippen molar-refractivity contribution in [2.45, 2.75) is 32.4 Å².